The number of carbonyl (C=O) groups is 2. The zero-order valence-corrected chi connectivity index (χ0v) is 19.1. The Kier molecular flexibility index (Phi) is 5.22. The lowest BCUT2D eigenvalue weighted by Crippen LogP contribution is -2.21. The Morgan fingerprint density at radius 1 is 0.919 bits per heavy atom. The fourth-order valence-corrected chi connectivity index (χ4v) is 4.64. The standard InChI is InChI=1S/C29H17FO7/c30-21-4-2-1-3-17(21)20-14-35-28-18(27(20)32)9-10-24-26(28)19(13-25(31)37-24)23-12-11-22(36-23)15-5-7-16(8-6-15)29(33)34/h1-12,14,19H,13H2,(H,33,34)/t19-/m0/s1. The first-order valence-corrected chi connectivity index (χ1v) is 11.4. The number of fused-ring (bicyclic) bond motifs is 3. The second kappa shape index (κ2) is 8.60. The average Bonchev–Trinajstić information content (AvgIpc) is 3.39. The third-order valence-corrected chi connectivity index (χ3v) is 6.43. The maximum absolute atomic E-state index is 14.4. The number of carboxylic acids is 1. The number of hydrogen-bond donors (Lipinski definition) is 1. The number of hydrogen-bond acceptors (Lipinski definition) is 6. The van der Waals surface area contributed by atoms with E-state index in [0.717, 1.165) is 0 Å². The van der Waals surface area contributed by atoms with Gasteiger partial charge in [0.2, 0.25) is 5.43 Å². The summed E-state index contributed by atoms with van der Waals surface area (Å²) in [7, 11) is 0. The van der Waals surface area contributed by atoms with Crippen LogP contribution in [-0.2, 0) is 4.79 Å². The second-order valence-electron chi connectivity index (χ2n) is 8.63. The van der Waals surface area contributed by atoms with E-state index < -0.39 is 29.1 Å². The number of carbonyl (C=O) groups excluding carboxylic acids is 1. The third-order valence-electron chi connectivity index (χ3n) is 6.43. The summed E-state index contributed by atoms with van der Waals surface area (Å²) in [5.74, 6) is -1.46. The summed E-state index contributed by atoms with van der Waals surface area (Å²) in [6.07, 6.45) is 1.17. The van der Waals surface area contributed by atoms with E-state index in [2.05, 4.69) is 0 Å². The van der Waals surface area contributed by atoms with Gasteiger partial charge in [-0.15, -0.1) is 0 Å². The molecule has 8 heteroatoms. The highest BCUT2D eigenvalue weighted by atomic mass is 19.1. The summed E-state index contributed by atoms with van der Waals surface area (Å²) in [6, 6.07) is 18.6. The minimum atomic E-state index is -1.03. The van der Waals surface area contributed by atoms with Crippen LogP contribution in [-0.4, -0.2) is 17.0 Å². The van der Waals surface area contributed by atoms with Crippen LogP contribution < -0.4 is 10.2 Å². The Morgan fingerprint density at radius 3 is 2.46 bits per heavy atom. The normalized spacial score (nSPS) is 14.8. The summed E-state index contributed by atoms with van der Waals surface area (Å²) < 4.78 is 31.8. The van der Waals surface area contributed by atoms with E-state index in [1.54, 1.807) is 30.3 Å². The molecular formula is C29H17FO7. The van der Waals surface area contributed by atoms with Crippen molar-refractivity contribution in [1.82, 2.24) is 0 Å². The van der Waals surface area contributed by atoms with Crippen molar-refractivity contribution in [3.63, 3.8) is 0 Å². The molecule has 0 bridgehead atoms. The van der Waals surface area contributed by atoms with Crippen LogP contribution in [0, 0.1) is 5.82 Å². The fourth-order valence-electron chi connectivity index (χ4n) is 4.64. The van der Waals surface area contributed by atoms with E-state index >= 15 is 0 Å². The Balaban J connectivity index is 1.46. The molecule has 7 nitrogen and oxygen atoms in total. The first kappa shape index (κ1) is 22.5. The maximum atomic E-state index is 14.4. The largest absolute Gasteiger partial charge is 0.478 e. The van der Waals surface area contributed by atoms with Crippen LogP contribution in [0.5, 0.6) is 5.75 Å². The van der Waals surface area contributed by atoms with E-state index in [-0.39, 0.29) is 39.8 Å². The molecule has 1 aliphatic rings. The molecule has 2 aromatic heterocycles. The molecule has 0 aliphatic carbocycles. The summed E-state index contributed by atoms with van der Waals surface area (Å²) in [5, 5.41) is 9.34. The number of ether oxygens (including phenoxy) is 1. The van der Waals surface area contributed by atoms with Gasteiger partial charge in [-0.3, -0.25) is 9.59 Å². The van der Waals surface area contributed by atoms with E-state index in [0.29, 0.717) is 22.6 Å². The van der Waals surface area contributed by atoms with Gasteiger partial charge in [-0.1, -0.05) is 30.3 Å². The van der Waals surface area contributed by atoms with E-state index in [1.807, 2.05) is 0 Å². The highest BCUT2D eigenvalue weighted by Crippen LogP contribution is 2.44. The van der Waals surface area contributed by atoms with Gasteiger partial charge in [-0.05, 0) is 42.5 Å². The zero-order valence-electron chi connectivity index (χ0n) is 19.1. The molecule has 0 amide bonds. The van der Waals surface area contributed by atoms with Crippen molar-refractivity contribution >= 4 is 22.9 Å². The SMILES string of the molecule is O=C1C[C@@H](c2ccc(-c3ccc(C(=O)O)cc3)o2)c2c(ccc3c(=O)c(-c4ccccc4F)coc23)O1. The van der Waals surface area contributed by atoms with E-state index in [1.165, 1.54) is 48.7 Å². The number of carboxylic acid groups (broad SMARTS) is 1. The number of esters is 1. The molecular weight excluding hydrogens is 479 g/mol. The lowest BCUT2D eigenvalue weighted by molar-refractivity contribution is -0.135. The lowest BCUT2D eigenvalue weighted by Gasteiger charge is -2.23. The van der Waals surface area contributed by atoms with Gasteiger partial charge in [-0.2, -0.15) is 0 Å². The molecule has 0 spiro atoms. The molecule has 5 aromatic rings. The van der Waals surface area contributed by atoms with Crippen molar-refractivity contribution in [3.05, 3.63) is 112 Å². The molecule has 1 atom stereocenters. The summed E-state index contributed by atoms with van der Waals surface area (Å²) >= 11 is 0. The van der Waals surface area contributed by atoms with Crippen LogP contribution >= 0.6 is 0 Å². The molecule has 0 radical (unpaired) electrons. The number of benzene rings is 3. The molecule has 182 valence electrons. The first-order valence-electron chi connectivity index (χ1n) is 11.4. The topological polar surface area (TPSA) is 107 Å². The zero-order chi connectivity index (χ0) is 25.7. The molecule has 0 saturated heterocycles. The number of rotatable bonds is 4. The molecule has 37 heavy (non-hydrogen) atoms. The number of furan rings is 1. The summed E-state index contributed by atoms with van der Waals surface area (Å²) in [4.78, 5) is 36.9. The Bertz CT molecular complexity index is 1760. The summed E-state index contributed by atoms with van der Waals surface area (Å²) in [6.45, 7) is 0. The average molecular weight is 496 g/mol. The van der Waals surface area contributed by atoms with Crippen LogP contribution in [0.4, 0.5) is 4.39 Å². The molecule has 3 heterocycles. The first-order chi connectivity index (χ1) is 17.9. The fraction of sp³-hybridized carbons (Fsp3) is 0.0690. The lowest BCUT2D eigenvalue weighted by atomic mass is 9.88. The predicted octanol–water partition coefficient (Wildman–Crippen LogP) is 6.00. The van der Waals surface area contributed by atoms with Crippen molar-refractivity contribution in [2.24, 2.45) is 0 Å². The Labute approximate surface area is 208 Å². The molecule has 0 fully saturated rings. The van der Waals surface area contributed by atoms with Crippen LogP contribution in [0.1, 0.15) is 34.0 Å². The van der Waals surface area contributed by atoms with Crippen molar-refractivity contribution < 1.29 is 32.7 Å². The van der Waals surface area contributed by atoms with Gasteiger partial charge in [0, 0.05) is 16.7 Å². The highest BCUT2D eigenvalue weighted by molar-refractivity contribution is 5.90. The van der Waals surface area contributed by atoms with Crippen LogP contribution in [0.15, 0.2) is 92.7 Å². The molecule has 1 aliphatic heterocycles. The highest BCUT2D eigenvalue weighted by Gasteiger charge is 2.34. The van der Waals surface area contributed by atoms with Gasteiger partial charge >= 0.3 is 11.9 Å². The predicted molar refractivity (Wildman–Crippen MR) is 131 cm³/mol. The maximum Gasteiger partial charge on any atom is 0.335 e. The van der Waals surface area contributed by atoms with Crippen molar-refractivity contribution in [3.8, 4) is 28.2 Å². The van der Waals surface area contributed by atoms with Crippen LogP contribution in [0.25, 0.3) is 33.4 Å². The third kappa shape index (κ3) is 3.79. The summed E-state index contributed by atoms with van der Waals surface area (Å²) in [5.41, 5.74) is 1.32. The molecule has 0 unspecified atom stereocenters. The Morgan fingerprint density at radius 2 is 1.70 bits per heavy atom. The van der Waals surface area contributed by atoms with Crippen molar-refractivity contribution in [1.29, 1.82) is 0 Å². The van der Waals surface area contributed by atoms with Gasteiger partial charge in [-0.25, -0.2) is 9.18 Å². The van der Waals surface area contributed by atoms with Gasteiger partial charge < -0.3 is 18.7 Å². The smallest absolute Gasteiger partial charge is 0.335 e. The minimum Gasteiger partial charge on any atom is -0.478 e. The monoisotopic (exact) mass is 496 g/mol. The molecule has 6 rings (SSSR count). The molecule has 0 saturated carbocycles. The van der Waals surface area contributed by atoms with Gasteiger partial charge in [0.05, 0.1) is 28.9 Å². The molecule has 1 N–H and O–H groups in total. The van der Waals surface area contributed by atoms with Crippen LogP contribution in [0.2, 0.25) is 0 Å². The van der Waals surface area contributed by atoms with E-state index in [9.17, 15) is 18.8 Å². The van der Waals surface area contributed by atoms with Crippen molar-refractivity contribution in [2.75, 3.05) is 0 Å². The van der Waals surface area contributed by atoms with Crippen molar-refractivity contribution in [2.45, 2.75) is 12.3 Å². The second-order valence-corrected chi connectivity index (χ2v) is 8.63. The number of halogens is 1. The Hall–Kier alpha value is -4.98. The minimum absolute atomic E-state index is 0.0458. The van der Waals surface area contributed by atoms with Gasteiger partial charge in [0.15, 0.2) is 0 Å². The quantitative estimate of drug-likeness (QED) is 0.240. The van der Waals surface area contributed by atoms with Gasteiger partial charge in [0.1, 0.15) is 34.9 Å². The van der Waals surface area contributed by atoms with Gasteiger partial charge in [0.25, 0.3) is 0 Å². The van der Waals surface area contributed by atoms with Crippen LogP contribution in [0.3, 0.4) is 0 Å². The molecule has 3 aromatic carbocycles. The number of aromatic carboxylic acids is 1. The van der Waals surface area contributed by atoms with E-state index in [4.69, 9.17) is 18.7 Å².